The van der Waals surface area contributed by atoms with E-state index in [0.717, 1.165) is 5.56 Å². The molecule has 6 nitrogen and oxygen atoms in total. The number of H-pyrrole nitrogens is 1. The molecule has 0 aliphatic heterocycles. The SMILES string of the molecule is Cn1cc(-c2cc(=O)[nH]c(-c3ccco3)n2)cn1. The van der Waals surface area contributed by atoms with Gasteiger partial charge in [-0.05, 0) is 12.1 Å². The lowest BCUT2D eigenvalue weighted by molar-refractivity contribution is 0.577. The zero-order valence-corrected chi connectivity index (χ0v) is 9.62. The third kappa shape index (κ3) is 1.84. The molecule has 3 rings (SSSR count). The molecule has 3 heterocycles. The number of furan rings is 1. The predicted molar refractivity (Wildman–Crippen MR) is 64.8 cm³/mol. The van der Waals surface area contributed by atoms with Gasteiger partial charge in [0.2, 0.25) is 0 Å². The third-order valence-electron chi connectivity index (χ3n) is 2.50. The molecule has 0 aliphatic carbocycles. The zero-order valence-electron chi connectivity index (χ0n) is 9.62. The summed E-state index contributed by atoms with van der Waals surface area (Å²) >= 11 is 0. The summed E-state index contributed by atoms with van der Waals surface area (Å²) in [6.07, 6.45) is 4.99. The Bertz CT molecular complexity index is 725. The number of aromatic nitrogens is 4. The molecule has 3 aromatic rings. The third-order valence-corrected chi connectivity index (χ3v) is 2.50. The predicted octanol–water partition coefficient (Wildman–Crippen LogP) is 1.43. The number of hydrogen-bond acceptors (Lipinski definition) is 4. The normalized spacial score (nSPS) is 10.7. The van der Waals surface area contributed by atoms with Crippen molar-refractivity contribution >= 4 is 0 Å². The van der Waals surface area contributed by atoms with Crippen LogP contribution in [0.2, 0.25) is 0 Å². The lowest BCUT2D eigenvalue weighted by Crippen LogP contribution is -2.08. The highest BCUT2D eigenvalue weighted by Gasteiger charge is 2.08. The summed E-state index contributed by atoms with van der Waals surface area (Å²) in [4.78, 5) is 18.6. The van der Waals surface area contributed by atoms with Crippen molar-refractivity contribution < 1.29 is 4.42 Å². The maximum absolute atomic E-state index is 11.6. The van der Waals surface area contributed by atoms with E-state index in [9.17, 15) is 4.79 Å². The number of nitrogens with one attached hydrogen (secondary N) is 1. The van der Waals surface area contributed by atoms with Crippen molar-refractivity contribution in [2.75, 3.05) is 0 Å². The van der Waals surface area contributed by atoms with Gasteiger partial charge >= 0.3 is 0 Å². The molecule has 0 bridgehead atoms. The maximum atomic E-state index is 11.6. The van der Waals surface area contributed by atoms with E-state index in [1.807, 2.05) is 7.05 Å². The largest absolute Gasteiger partial charge is 0.461 e. The van der Waals surface area contributed by atoms with Gasteiger partial charge in [-0.15, -0.1) is 0 Å². The summed E-state index contributed by atoms with van der Waals surface area (Å²) in [7, 11) is 1.81. The first-order valence-electron chi connectivity index (χ1n) is 5.36. The summed E-state index contributed by atoms with van der Waals surface area (Å²) in [6, 6.07) is 4.92. The van der Waals surface area contributed by atoms with Crippen LogP contribution >= 0.6 is 0 Å². The molecular formula is C12H10N4O2. The molecule has 0 aliphatic rings. The quantitative estimate of drug-likeness (QED) is 0.737. The number of aryl methyl sites for hydroxylation is 1. The van der Waals surface area contributed by atoms with Crippen LogP contribution in [0.25, 0.3) is 22.8 Å². The zero-order chi connectivity index (χ0) is 12.5. The fourth-order valence-corrected chi connectivity index (χ4v) is 1.69. The Morgan fingerprint density at radius 2 is 2.33 bits per heavy atom. The number of aromatic amines is 1. The lowest BCUT2D eigenvalue weighted by atomic mass is 10.2. The fourth-order valence-electron chi connectivity index (χ4n) is 1.69. The summed E-state index contributed by atoms with van der Waals surface area (Å²) in [5.74, 6) is 0.934. The topological polar surface area (TPSA) is 76.7 Å². The van der Waals surface area contributed by atoms with E-state index >= 15 is 0 Å². The van der Waals surface area contributed by atoms with Gasteiger partial charge in [-0.25, -0.2) is 4.98 Å². The van der Waals surface area contributed by atoms with E-state index in [2.05, 4.69) is 15.1 Å². The Kier molecular flexibility index (Phi) is 2.33. The monoisotopic (exact) mass is 242 g/mol. The molecule has 0 unspecified atom stereocenters. The van der Waals surface area contributed by atoms with E-state index in [1.165, 1.54) is 12.3 Å². The van der Waals surface area contributed by atoms with Gasteiger partial charge in [0.1, 0.15) is 0 Å². The van der Waals surface area contributed by atoms with Gasteiger partial charge in [0.25, 0.3) is 5.56 Å². The van der Waals surface area contributed by atoms with Gasteiger partial charge in [0, 0.05) is 24.9 Å². The Hall–Kier alpha value is -2.63. The first-order chi connectivity index (χ1) is 8.72. The highest BCUT2D eigenvalue weighted by Crippen LogP contribution is 2.18. The molecule has 0 fully saturated rings. The minimum atomic E-state index is -0.227. The van der Waals surface area contributed by atoms with Crippen LogP contribution < -0.4 is 5.56 Å². The second-order valence-electron chi connectivity index (χ2n) is 3.86. The summed E-state index contributed by atoms with van der Waals surface area (Å²) < 4.78 is 6.87. The molecule has 0 aromatic carbocycles. The van der Waals surface area contributed by atoms with Crippen LogP contribution in [0, 0.1) is 0 Å². The van der Waals surface area contributed by atoms with Crippen molar-refractivity contribution in [2.45, 2.75) is 0 Å². The van der Waals surface area contributed by atoms with Crippen LogP contribution in [0.4, 0.5) is 0 Å². The van der Waals surface area contributed by atoms with E-state index in [4.69, 9.17) is 4.42 Å². The van der Waals surface area contributed by atoms with Crippen LogP contribution in [-0.2, 0) is 7.05 Å². The van der Waals surface area contributed by atoms with Crippen molar-refractivity contribution in [1.29, 1.82) is 0 Å². The van der Waals surface area contributed by atoms with E-state index in [0.29, 0.717) is 17.3 Å². The Morgan fingerprint density at radius 1 is 1.44 bits per heavy atom. The molecule has 0 amide bonds. The number of hydrogen-bond donors (Lipinski definition) is 1. The van der Waals surface area contributed by atoms with Gasteiger partial charge in [0.15, 0.2) is 11.6 Å². The maximum Gasteiger partial charge on any atom is 0.251 e. The summed E-state index contributed by atoms with van der Waals surface area (Å²) in [6.45, 7) is 0. The van der Waals surface area contributed by atoms with Crippen LogP contribution in [-0.4, -0.2) is 19.7 Å². The molecule has 0 atom stereocenters. The molecule has 0 saturated heterocycles. The van der Waals surface area contributed by atoms with Crippen LogP contribution in [0.3, 0.4) is 0 Å². The number of rotatable bonds is 2. The molecule has 18 heavy (non-hydrogen) atoms. The van der Waals surface area contributed by atoms with Crippen molar-refractivity contribution in [1.82, 2.24) is 19.7 Å². The minimum Gasteiger partial charge on any atom is -0.461 e. The van der Waals surface area contributed by atoms with Gasteiger partial charge < -0.3 is 9.40 Å². The molecule has 3 aromatic heterocycles. The summed E-state index contributed by atoms with van der Waals surface area (Å²) in [5, 5.41) is 4.06. The molecule has 1 N–H and O–H groups in total. The van der Waals surface area contributed by atoms with Gasteiger partial charge in [0.05, 0.1) is 18.2 Å². The summed E-state index contributed by atoms with van der Waals surface area (Å²) in [5.41, 5.74) is 1.13. The first-order valence-corrected chi connectivity index (χ1v) is 5.36. The van der Waals surface area contributed by atoms with Gasteiger partial charge in [-0.1, -0.05) is 0 Å². The van der Waals surface area contributed by atoms with E-state index < -0.39 is 0 Å². The fraction of sp³-hybridized carbons (Fsp3) is 0.0833. The average Bonchev–Trinajstić information content (AvgIpc) is 2.98. The Balaban J connectivity index is 2.15. The van der Waals surface area contributed by atoms with Crippen molar-refractivity contribution in [3.05, 3.63) is 47.2 Å². The molecule has 90 valence electrons. The van der Waals surface area contributed by atoms with E-state index in [-0.39, 0.29) is 5.56 Å². The minimum absolute atomic E-state index is 0.227. The van der Waals surface area contributed by atoms with Crippen molar-refractivity contribution in [3.8, 4) is 22.8 Å². The molecule has 6 heteroatoms. The Labute approximate surface area is 102 Å². The molecule has 0 saturated carbocycles. The average molecular weight is 242 g/mol. The number of nitrogens with zero attached hydrogens (tertiary/aromatic N) is 3. The van der Waals surface area contributed by atoms with Crippen molar-refractivity contribution in [3.63, 3.8) is 0 Å². The van der Waals surface area contributed by atoms with Crippen LogP contribution in [0.5, 0.6) is 0 Å². The molecule has 0 spiro atoms. The van der Waals surface area contributed by atoms with Crippen LogP contribution in [0.1, 0.15) is 0 Å². The molecular weight excluding hydrogens is 232 g/mol. The second kappa shape index (κ2) is 3.99. The van der Waals surface area contributed by atoms with Gasteiger partial charge in [-0.3, -0.25) is 9.48 Å². The lowest BCUT2D eigenvalue weighted by Gasteiger charge is -1.99. The van der Waals surface area contributed by atoms with Crippen molar-refractivity contribution in [2.24, 2.45) is 7.05 Å². The van der Waals surface area contributed by atoms with Gasteiger partial charge in [-0.2, -0.15) is 5.10 Å². The van der Waals surface area contributed by atoms with E-state index in [1.54, 1.807) is 29.2 Å². The van der Waals surface area contributed by atoms with Crippen LogP contribution in [0.15, 0.2) is 46.1 Å². The smallest absolute Gasteiger partial charge is 0.251 e. The second-order valence-corrected chi connectivity index (χ2v) is 3.86. The first kappa shape index (κ1) is 10.5. The Morgan fingerprint density at radius 3 is 3.00 bits per heavy atom. The standard InChI is InChI=1S/C12H10N4O2/c1-16-7-8(6-13-16)9-5-11(17)15-12(14-9)10-3-2-4-18-10/h2-7H,1H3,(H,14,15,17). The molecule has 0 radical (unpaired) electrons. The highest BCUT2D eigenvalue weighted by molar-refractivity contribution is 5.59. The highest BCUT2D eigenvalue weighted by atomic mass is 16.3.